The zero-order valence-corrected chi connectivity index (χ0v) is 9.01. The van der Waals surface area contributed by atoms with Gasteiger partial charge in [0.05, 0.1) is 22.1 Å². The van der Waals surface area contributed by atoms with Crippen molar-refractivity contribution in [3.63, 3.8) is 0 Å². The maximum Gasteiger partial charge on any atom is 0.0966 e. The van der Waals surface area contributed by atoms with Crippen molar-refractivity contribution in [2.75, 3.05) is 0 Å². The lowest BCUT2D eigenvalue weighted by Gasteiger charge is -1.96. The molecule has 1 N–H and O–H groups in total. The number of nitrogens with one attached hydrogen (secondary N) is 1. The normalized spacial score (nSPS) is 11.5. The number of H-pyrrole nitrogens is 1. The van der Waals surface area contributed by atoms with Crippen LogP contribution in [0.3, 0.4) is 0 Å². The van der Waals surface area contributed by atoms with E-state index >= 15 is 0 Å². The van der Waals surface area contributed by atoms with Gasteiger partial charge in [-0.25, -0.2) is 4.98 Å². The quantitative estimate of drug-likeness (QED) is 0.493. The number of benzene rings is 1. The summed E-state index contributed by atoms with van der Waals surface area (Å²) in [6.45, 7) is 0. The number of hydrogen-bond acceptors (Lipinski definition) is 2. The van der Waals surface area contributed by atoms with Crippen LogP contribution in [-0.4, -0.2) is 15.0 Å². The largest absolute Gasteiger partial charge is 0.353 e. The third-order valence-corrected chi connectivity index (χ3v) is 3.04. The minimum Gasteiger partial charge on any atom is -0.353 e. The first-order chi connectivity index (χ1) is 8.42. The summed E-state index contributed by atoms with van der Waals surface area (Å²) in [5, 5.41) is 1.16. The average molecular weight is 219 g/mol. The molecule has 0 unspecified atom stereocenters. The van der Waals surface area contributed by atoms with Crippen LogP contribution in [0.5, 0.6) is 0 Å². The van der Waals surface area contributed by atoms with Crippen LogP contribution < -0.4 is 0 Å². The fourth-order valence-corrected chi connectivity index (χ4v) is 2.24. The van der Waals surface area contributed by atoms with Gasteiger partial charge in [-0.2, -0.15) is 0 Å². The minimum absolute atomic E-state index is 0.923. The number of para-hydroxylation sites is 1. The van der Waals surface area contributed by atoms with Gasteiger partial charge < -0.3 is 4.98 Å². The van der Waals surface area contributed by atoms with Crippen molar-refractivity contribution in [2.45, 2.75) is 0 Å². The summed E-state index contributed by atoms with van der Waals surface area (Å²) in [5.74, 6) is 0. The van der Waals surface area contributed by atoms with Crippen molar-refractivity contribution in [1.82, 2.24) is 15.0 Å². The van der Waals surface area contributed by atoms with E-state index in [2.05, 4.69) is 33.2 Å². The first-order valence-electron chi connectivity index (χ1n) is 5.54. The van der Waals surface area contributed by atoms with E-state index in [1.165, 1.54) is 0 Å². The molecule has 0 spiro atoms. The van der Waals surface area contributed by atoms with E-state index < -0.39 is 0 Å². The second-order valence-corrected chi connectivity index (χ2v) is 4.10. The molecule has 0 aliphatic carbocycles. The molecular weight excluding hydrogens is 210 g/mol. The predicted molar refractivity (Wildman–Crippen MR) is 68.9 cm³/mol. The Morgan fingerprint density at radius 3 is 2.82 bits per heavy atom. The van der Waals surface area contributed by atoms with Gasteiger partial charge in [-0.1, -0.05) is 18.2 Å². The number of fused-ring (bicyclic) bond motifs is 4. The summed E-state index contributed by atoms with van der Waals surface area (Å²) in [5.41, 5.74) is 5.03. The molecule has 4 rings (SSSR count). The Kier molecular flexibility index (Phi) is 1.56. The summed E-state index contributed by atoms with van der Waals surface area (Å²) in [4.78, 5) is 12.4. The molecule has 3 nitrogen and oxygen atoms in total. The van der Waals surface area contributed by atoms with Crippen molar-refractivity contribution < 1.29 is 0 Å². The number of nitrogens with zero attached hydrogens (tertiary/aromatic N) is 2. The molecule has 80 valence electrons. The topological polar surface area (TPSA) is 41.6 Å². The third-order valence-electron chi connectivity index (χ3n) is 3.04. The molecule has 4 aromatic rings. The van der Waals surface area contributed by atoms with Crippen molar-refractivity contribution in [3.8, 4) is 0 Å². The highest BCUT2D eigenvalue weighted by Crippen LogP contribution is 2.25. The lowest BCUT2D eigenvalue weighted by atomic mass is 10.2. The number of hydrogen-bond donors (Lipinski definition) is 1. The summed E-state index contributed by atoms with van der Waals surface area (Å²) in [7, 11) is 0. The molecule has 3 heterocycles. The fraction of sp³-hybridized carbons (Fsp3) is 0. The van der Waals surface area contributed by atoms with Crippen LogP contribution in [0.15, 0.2) is 48.7 Å². The summed E-state index contributed by atoms with van der Waals surface area (Å²) in [6.07, 6.45) is 1.79. The van der Waals surface area contributed by atoms with Crippen LogP contribution in [-0.2, 0) is 0 Å². The van der Waals surface area contributed by atoms with Gasteiger partial charge in [0, 0.05) is 17.1 Å². The SMILES string of the molecule is c1cnc2cc3[nH]c4ccccc4c3nc2c1. The summed E-state index contributed by atoms with van der Waals surface area (Å²) >= 11 is 0. The molecule has 1 aromatic carbocycles. The Bertz CT molecular complexity index is 840. The van der Waals surface area contributed by atoms with Crippen LogP contribution in [0.25, 0.3) is 33.0 Å². The maximum absolute atomic E-state index is 4.67. The third kappa shape index (κ3) is 1.16. The summed E-state index contributed by atoms with van der Waals surface area (Å²) < 4.78 is 0. The minimum atomic E-state index is 0.923. The van der Waals surface area contributed by atoms with Gasteiger partial charge in [-0.15, -0.1) is 0 Å². The second-order valence-electron chi connectivity index (χ2n) is 4.10. The van der Waals surface area contributed by atoms with Crippen LogP contribution in [0, 0.1) is 0 Å². The lowest BCUT2D eigenvalue weighted by molar-refractivity contribution is 1.37. The van der Waals surface area contributed by atoms with Crippen LogP contribution in [0.2, 0.25) is 0 Å². The van der Waals surface area contributed by atoms with Gasteiger partial charge in [0.25, 0.3) is 0 Å². The first-order valence-corrected chi connectivity index (χ1v) is 5.54. The maximum atomic E-state index is 4.67. The predicted octanol–water partition coefficient (Wildman–Crippen LogP) is 3.26. The van der Waals surface area contributed by atoms with E-state index in [1.807, 2.05) is 24.3 Å². The van der Waals surface area contributed by atoms with Crippen molar-refractivity contribution >= 4 is 33.0 Å². The molecule has 0 radical (unpaired) electrons. The smallest absolute Gasteiger partial charge is 0.0966 e. The second kappa shape index (κ2) is 3.04. The number of pyridine rings is 2. The molecule has 0 atom stereocenters. The monoisotopic (exact) mass is 219 g/mol. The van der Waals surface area contributed by atoms with Crippen molar-refractivity contribution in [3.05, 3.63) is 48.7 Å². The molecule has 0 amide bonds. The molecule has 0 aliphatic rings. The van der Waals surface area contributed by atoms with Crippen LogP contribution in [0.4, 0.5) is 0 Å². The van der Waals surface area contributed by atoms with Gasteiger partial charge in [-0.3, -0.25) is 4.98 Å². The zero-order chi connectivity index (χ0) is 11.2. The Hall–Kier alpha value is -2.42. The molecule has 0 saturated heterocycles. The summed E-state index contributed by atoms with van der Waals surface area (Å²) in [6, 6.07) is 14.2. The van der Waals surface area contributed by atoms with Gasteiger partial charge in [0.15, 0.2) is 0 Å². The Balaban J connectivity index is 2.28. The van der Waals surface area contributed by atoms with E-state index in [4.69, 9.17) is 0 Å². The average Bonchev–Trinajstić information content (AvgIpc) is 2.73. The zero-order valence-electron chi connectivity index (χ0n) is 9.01. The molecule has 3 aromatic heterocycles. The van der Waals surface area contributed by atoms with Gasteiger partial charge in [0.1, 0.15) is 0 Å². The molecule has 17 heavy (non-hydrogen) atoms. The van der Waals surface area contributed by atoms with Gasteiger partial charge >= 0.3 is 0 Å². The number of rotatable bonds is 0. The molecule has 0 bridgehead atoms. The highest BCUT2D eigenvalue weighted by atomic mass is 14.8. The highest BCUT2D eigenvalue weighted by molar-refractivity contribution is 6.07. The van der Waals surface area contributed by atoms with E-state index in [9.17, 15) is 0 Å². The molecule has 0 aliphatic heterocycles. The molecule has 3 heteroatoms. The Morgan fingerprint density at radius 2 is 1.82 bits per heavy atom. The van der Waals surface area contributed by atoms with Crippen LogP contribution >= 0.6 is 0 Å². The highest BCUT2D eigenvalue weighted by Gasteiger charge is 2.06. The molecular formula is C14H9N3. The number of aromatic nitrogens is 3. The lowest BCUT2D eigenvalue weighted by Crippen LogP contribution is -1.82. The standard InChI is InChI=1S/C14H9N3/c1-2-5-10-9(4-1)14-13(16-10)8-12-11(17-14)6-3-7-15-12/h1-8,16H. The fourth-order valence-electron chi connectivity index (χ4n) is 2.24. The van der Waals surface area contributed by atoms with Gasteiger partial charge in [-0.05, 0) is 24.3 Å². The number of aromatic amines is 1. The van der Waals surface area contributed by atoms with Crippen LogP contribution in [0.1, 0.15) is 0 Å². The van der Waals surface area contributed by atoms with E-state index in [1.54, 1.807) is 6.20 Å². The molecule has 0 fully saturated rings. The van der Waals surface area contributed by atoms with E-state index in [0.717, 1.165) is 33.0 Å². The first kappa shape index (κ1) is 8.70. The van der Waals surface area contributed by atoms with Crippen molar-refractivity contribution in [2.24, 2.45) is 0 Å². The Labute approximate surface area is 97.1 Å². The van der Waals surface area contributed by atoms with E-state index in [0.29, 0.717) is 0 Å². The Morgan fingerprint density at radius 1 is 0.882 bits per heavy atom. The van der Waals surface area contributed by atoms with Gasteiger partial charge in [0.2, 0.25) is 0 Å². The molecule has 0 saturated carbocycles. The van der Waals surface area contributed by atoms with E-state index in [-0.39, 0.29) is 0 Å². The van der Waals surface area contributed by atoms with Crippen molar-refractivity contribution in [1.29, 1.82) is 0 Å².